The average molecular weight is 249 g/mol. The minimum Gasteiger partial charge on any atom is -0.418 e. The predicted octanol–water partition coefficient (Wildman–Crippen LogP) is 3.68. The molecule has 0 radical (unpaired) electrons. The maximum Gasteiger partial charge on any atom is 0.248 e. The minimum absolute atomic E-state index is 0.300. The molecule has 0 aliphatic carbocycles. The molecule has 1 aromatic carbocycles. The second-order valence-electron chi connectivity index (χ2n) is 3.48. The topological polar surface area (TPSA) is 38.9 Å². The average Bonchev–Trinajstić information content (AvgIpc) is 2.72. The quantitative estimate of drug-likeness (QED) is 0.617. The summed E-state index contributed by atoms with van der Waals surface area (Å²) < 4.78 is 18.2. The van der Waals surface area contributed by atoms with Crippen LogP contribution in [0.25, 0.3) is 22.7 Å². The lowest BCUT2D eigenvalue weighted by molar-refractivity contribution is 0.606. The molecule has 0 saturated carbocycles. The molecule has 0 atom stereocenters. The van der Waals surface area contributed by atoms with Crippen LogP contribution in [0.5, 0.6) is 0 Å². The van der Waals surface area contributed by atoms with E-state index in [1.165, 1.54) is 12.1 Å². The molecule has 3 aromatic rings. The van der Waals surface area contributed by atoms with E-state index in [4.69, 9.17) is 16.0 Å². The predicted molar refractivity (Wildman–Crippen MR) is 62.2 cm³/mol. The van der Waals surface area contributed by atoms with Crippen LogP contribution in [0.3, 0.4) is 0 Å². The normalized spacial score (nSPS) is 10.9. The monoisotopic (exact) mass is 248 g/mol. The van der Waals surface area contributed by atoms with Crippen LogP contribution in [0.1, 0.15) is 0 Å². The van der Waals surface area contributed by atoms with E-state index in [2.05, 4.69) is 9.97 Å². The fourth-order valence-corrected chi connectivity index (χ4v) is 1.65. The largest absolute Gasteiger partial charge is 0.418 e. The molecule has 0 saturated heterocycles. The number of benzene rings is 1. The van der Waals surface area contributed by atoms with Crippen LogP contribution >= 0.6 is 11.6 Å². The van der Waals surface area contributed by atoms with Gasteiger partial charge in [0.2, 0.25) is 11.6 Å². The van der Waals surface area contributed by atoms with E-state index in [0.717, 1.165) is 0 Å². The minimum atomic E-state index is -0.300. The van der Waals surface area contributed by atoms with Gasteiger partial charge in [-0.3, -0.25) is 0 Å². The van der Waals surface area contributed by atoms with Crippen molar-refractivity contribution < 1.29 is 8.81 Å². The summed E-state index contributed by atoms with van der Waals surface area (Å²) in [7, 11) is 0. The Morgan fingerprint density at radius 3 is 2.53 bits per heavy atom. The van der Waals surface area contributed by atoms with Gasteiger partial charge in [0.05, 0.1) is 0 Å². The lowest BCUT2D eigenvalue weighted by Crippen LogP contribution is -1.77. The van der Waals surface area contributed by atoms with E-state index in [1.54, 1.807) is 24.3 Å². The van der Waals surface area contributed by atoms with Crippen molar-refractivity contribution in [1.29, 1.82) is 0 Å². The molecule has 5 heteroatoms. The molecule has 0 N–H and O–H groups in total. The molecule has 0 aliphatic heterocycles. The third-order valence-corrected chi connectivity index (χ3v) is 2.52. The lowest BCUT2D eigenvalue weighted by atomic mass is 10.2. The van der Waals surface area contributed by atoms with E-state index < -0.39 is 0 Å². The first-order valence-corrected chi connectivity index (χ1v) is 5.29. The van der Waals surface area contributed by atoms with Gasteiger partial charge in [-0.05, 0) is 36.4 Å². The standard InChI is InChI=1S/C12H6ClFN2O/c13-10-6-5-9-12(16-10)17-11(15-9)7-1-3-8(14)4-2-7/h1-6H. The van der Waals surface area contributed by atoms with Gasteiger partial charge in [-0.25, -0.2) is 9.37 Å². The maximum absolute atomic E-state index is 12.8. The van der Waals surface area contributed by atoms with E-state index in [-0.39, 0.29) is 5.82 Å². The van der Waals surface area contributed by atoms with Crippen LogP contribution in [0.4, 0.5) is 4.39 Å². The van der Waals surface area contributed by atoms with Crippen molar-refractivity contribution in [2.45, 2.75) is 0 Å². The van der Waals surface area contributed by atoms with Crippen molar-refractivity contribution in [3.8, 4) is 11.5 Å². The summed E-state index contributed by atoms with van der Waals surface area (Å²) in [5.74, 6) is 0.0980. The molecule has 3 rings (SSSR count). The highest BCUT2D eigenvalue weighted by Crippen LogP contribution is 2.24. The Balaban J connectivity index is 2.14. The Morgan fingerprint density at radius 1 is 1.00 bits per heavy atom. The fraction of sp³-hybridized carbons (Fsp3) is 0. The van der Waals surface area contributed by atoms with Gasteiger partial charge in [-0.2, -0.15) is 4.98 Å². The van der Waals surface area contributed by atoms with Gasteiger partial charge in [0.25, 0.3) is 0 Å². The summed E-state index contributed by atoms with van der Waals surface area (Å²) in [4.78, 5) is 8.25. The van der Waals surface area contributed by atoms with Crippen molar-refractivity contribution in [3.05, 3.63) is 47.4 Å². The van der Waals surface area contributed by atoms with Crippen molar-refractivity contribution in [1.82, 2.24) is 9.97 Å². The number of oxazole rings is 1. The van der Waals surface area contributed by atoms with Gasteiger partial charge in [0.1, 0.15) is 16.5 Å². The number of pyridine rings is 1. The molecular weight excluding hydrogens is 243 g/mol. The summed E-state index contributed by atoms with van der Waals surface area (Å²) in [6.45, 7) is 0. The Morgan fingerprint density at radius 2 is 1.76 bits per heavy atom. The van der Waals surface area contributed by atoms with Crippen LogP contribution < -0.4 is 0 Å². The van der Waals surface area contributed by atoms with E-state index in [0.29, 0.717) is 27.8 Å². The zero-order chi connectivity index (χ0) is 11.8. The smallest absolute Gasteiger partial charge is 0.248 e. The Labute approximate surface area is 101 Å². The summed E-state index contributed by atoms with van der Waals surface area (Å²) in [5.41, 5.74) is 1.69. The molecular formula is C12H6ClFN2O. The highest BCUT2D eigenvalue weighted by Gasteiger charge is 2.09. The van der Waals surface area contributed by atoms with Crippen LogP contribution in [-0.4, -0.2) is 9.97 Å². The lowest BCUT2D eigenvalue weighted by Gasteiger charge is -1.93. The Kier molecular flexibility index (Phi) is 2.30. The summed E-state index contributed by atoms with van der Waals surface area (Å²) in [5, 5.41) is 0.347. The van der Waals surface area contributed by atoms with Gasteiger partial charge < -0.3 is 4.42 Å². The molecule has 0 unspecified atom stereocenters. The molecule has 2 heterocycles. The molecule has 0 spiro atoms. The first-order chi connectivity index (χ1) is 8.22. The number of aromatic nitrogens is 2. The second-order valence-corrected chi connectivity index (χ2v) is 3.87. The number of fused-ring (bicyclic) bond motifs is 1. The second kappa shape index (κ2) is 3.82. The maximum atomic E-state index is 12.8. The van der Waals surface area contributed by atoms with E-state index in [1.807, 2.05) is 0 Å². The molecule has 84 valence electrons. The van der Waals surface area contributed by atoms with E-state index in [9.17, 15) is 4.39 Å². The third-order valence-electron chi connectivity index (χ3n) is 2.31. The summed E-state index contributed by atoms with van der Waals surface area (Å²) in [6, 6.07) is 9.26. The summed E-state index contributed by atoms with van der Waals surface area (Å²) >= 11 is 5.75. The number of hydrogen-bond acceptors (Lipinski definition) is 3. The van der Waals surface area contributed by atoms with Crippen LogP contribution in [0.2, 0.25) is 5.15 Å². The van der Waals surface area contributed by atoms with Gasteiger partial charge >= 0.3 is 0 Å². The summed E-state index contributed by atoms with van der Waals surface area (Å²) in [6.07, 6.45) is 0. The zero-order valence-electron chi connectivity index (χ0n) is 8.52. The SMILES string of the molecule is Fc1ccc(-c2nc3ccc(Cl)nc3o2)cc1. The molecule has 0 fully saturated rings. The van der Waals surface area contributed by atoms with Crippen molar-refractivity contribution in [2.24, 2.45) is 0 Å². The highest BCUT2D eigenvalue weighted by molar-refractivity contribution is 6.29. The molecule has 17 heavy (non-hydrogen) atoms. The number of nitrogens with zero attached hydrogens (tertiary/aromatic N) is 2. The molecule has 0 bridgehead atoms. The Bertz CT molecular complexity index is 679. The third kappa shape index (κ3) is 1.87. The van der Waals surface area contributed by atoms with Crippen LogP contribution in [0, 0.1) is 5.82 Å². The van der Waals surface area contributed by atoms with Gasteiger partial charge in [-0.1, -0.05) is 11.6 Å². The van der Waals surface area contributed by atoms with Crippen LogP contribution in [0.15, 0.2) is 40.8 Å². The van der Waals surface area contributed by atoms with E-state index >= 15 is 0 Å². The highest BCUT2D eigenvalue weighted by atomic mass is 35.5. The first kappa shape index (κ1) is 10.2. The molecule has 2 aromatic heterocycles. The van der Waals surface area contributed by atoms with Crippen LogP contribution in [-0.2, 0) is 0 Å². The molecule has 0 amide bonds. The Hall–Kier alpha value is -1.94. The van der Waals surface area contributed by atoms with Crippen molar-refractivity contribution >= 4 is 22.8 Å². The van der Waals surface area contributed by atoms with Crippen molar-refractivity contribution in [3.63, 3.8) is 0 Å². The fourth-order valence-electron chi connectivity index (χ4n) is 1.51. The molecule has 0 aliphatic rings. The number of hydrogen-bond donors (Lipinski definition) is 0. The molecule has 3 nitrogen and oxygen atoms in total. The van der Waals surface area contributed by atoms with Gasteiger partial charge in [0, 0.05) is 5.56 Å². The number of rotatable bonds is 1. The van der Waals surface area contributed by atoms with Gasteiger partial charge in [0.15, 0.2) is 0 Å². The van der Waals surface area contributed by atoms with Gasteiger partial charge in [-0.15, -0.1) is 0 Å². The zero-order valence-corrected chi connectivity index (χ0v) is 9.28. The van der Waals surface area contributed by atoms with Crippen molar-refractivity contribution in [2.75, 3.05) is 0 Å². The number of halogens is 2. The first-order valence-electron chi connectivity index (χ1n) is 4.91.